The summed E-state index contributed by atoms with van der Waals surface area (Å²) in [6.07, 6.45) is 0.0435. The number of rotatable bonds is 4. The van der Waals surface area contributed by atoms with E-state index in [0.29, 0.717) is 6.42 Å². The quantitative estimate of drug-likeness (QED) is 0.821. The van der Waals surface area contributed by atoms with Crippen LogP contribution in [0.1, 0.15) is 5.56 Å². The minimum atomic E-state index is -3.18. The Morgan fingerprint density at radius 3 is 2.44 bits per heavy atom. The summed E-state index contributed by atoms with van der Waals surface area (Å²) < 4.78 is 24.8. The lowest BCUT2D eigenvalue weighted by atomic mass is 10.2. The number of nitrogens with zero attached hydrogens (tertiary/aromatic N) is 1. The van der Waals surface area contributed by atoms with E-state index in [4.69, 9.17) is 5.11 Å². The highest BCUT2D eigenvalue weighted by Crippen LogP contribution is 2.14. The summed E-state index contributed by atoms with van der Waals surface area (Å²) in [5.41, 5.74) is 1.02. The van der Waals surface area contributed by atoms with Crippen LogP contribution in [0.3, 0.4) is 0 Å². The Hall–Kier alpha value is -0.910. The molecular formula is C11H15NO3S. The molecule has 1 aliphatic rings. The largest absolute Gasteiger partial charge is 0.390 e. The van der Waals surface area contributed by atoms with Crippen LogP contribution in [0.15, 0.2) is 30.3 Å². The van der Waals surface area contributed by atoms with Crippen LogP contribution in [-0.2, 0) is 16.4 Å². The molecule has 0 unspecified atom stereocenters. The molecule has 88 valence electrons. The molecule has 0 atom stereocenters. The van der Waals surface area contributed by atoms with Gasteiger partial charge in [0, 0.05) is 13.1 Å². The first kappa shape index (κ1) is 11.6. The smallest absolute Gasteiger partial charge is 0.214 e. The molecule has 1 aromatic carbocycles. The monoisotopic (exact) mass is 241 g/mol. The first-order chi connectivity index (χ1) is 7.58. The van der Waals surface area contributed by atoms with Crippen LogP contribution in [0.5, 0.6) is 0 Å². The zero-order valence-corrected chi connectivity index (χ0v) is 9.73. The fourth-order valence-electron chi connectivity index (χ4n) is 1.66. The summed E-state index contributed by atoms with van der Waals surface area (Å²) in [5.74, 6) is 0.115. The Balaban J connectivity index is 1.90. The fraction of sp³-hybridized carbons (Fsp3) is 0.455. The molecule has 0 radical (unpaired) electrons. The zero-order chi connectivity index (χ0) is 11.6. The summed E-state index contributed by atoms with van der Waals surface area (Å²) in [4.78, 5) is 0. The molecule has 0 amide bonds. The maximum Gasteiger partial charge on any atom is 0.214 e. The Morgan fingerprint density at radius 1 is 1.25 bits per heavy atom. The first-order valence-electron chi connectivity index (χ1n) is 5.28. The number of sulfonamides is 1. The van der Waals surface area contributed by atoms with Gasteiger partial charge in [0.1, 0.15) is 0 Å². The second kappa shape index (κ2) is 4.53. The SMILES string of the molecule is O=S(=O)(CCc1ccccc1)N1CC(O)C1. The minimum absolute atomic E-state index is 0.115. The van der Waals surface area contributed by atoms with Gasteiger partial charge in [-0.25, -0.2) is 8.42 Å². The van der Waals surface area contributed by atoms with E-state index in [0.717, 1.165) is 5.56 Å². The molecule has 0 aliphatic carbocycles. The summed E-state index contributed by atoms with van der Waals surface area (Å²) >= 11 is 0. The maximum absolute atomic E-state index is 11.7. The summed E-state index contributed by atoms with van der Waals surface area (Å²) in [6.45, 7) is 0.494. The van der Waals surface area contributed by atoms with Crippen molar-refractivity contribution in [3.8, 4) is 0 Å². The van der Waals surface area contributed by atoms with Crippen LogP contribution in [0.25, 0.3) is 0 Å². The van der Waals surface area contributed by atoms with Gasteiger partial charge in [-0.3, -0.25) is 0 Å². The van der Waals surface area contributed by atoms with Crippen molar-refractivity contribution in [3.63, 3.8) is 0 Å². The van der Waals surface area contributed by atoms with Gasteiger partial charge in [0.2, 0.25) is 10.0 Å². The van der Waals surface area contributed by atoms with Crippen LogP contribution < -0.4 is 0 Å². The molecule has 0 aromatic heterocycles. The van der Waals surface area contributed by atoms with Gasteiger partial charge in [0.15, 0.2) is 0 Å². The Kier molecular flexibility index (Phi) is 3.28. The standard InChI is InChI=1S/C11H15NO3S/c13-11-8-12(9-11)16(14,15)7-6-10-4-2-1-3-5-10/h1-5,11,13H,6-9H2. The average Bonchev–Trinajstić information content (AvgIpc) is 2.24. The van der Waals surface area contributed by atoms with Crippen LogP contribution in [0.2, 0.25) is 0 Å². The van der Waals surface area contributed by atoms with Crippen molar-refractivity contribution >= 4 is 10.0 Å². The minimum Gasteiger partial charge on any atom is -0.390 e. The van der Waals surface area contributed by atoms with E-state index in [1.165, 1.54) is 4.31 Å². The van der Waals surface area contributed by atoms with Crippen LogP contribution >= 0.6 is 0 Å². The zero-order valence-electron chi connectivity index (χ0n) is 8.91. The number of hydrogen-bond acceptors (Lipinski definition) is 3. The van der Waals surface area contributed by atoms with Crippen molar-refractivity contribution in [2.75, 3.05) is 18.8 Å². The Morgan fingerprint density at radius 2 is 1.88 bits per heavy atom. The number of benzene rings is 1. The van der Waals surface area contributed by atoms with E-state index >= 15 is 0 Å². The third-order valence-electron chi connectivity index (χ3n) is 2.71. The van der Waals surface area contributed by atoms with Crippen LogP contribution in [-0.4, -0.2) is 42.8 Å². The molecule has 2 rings (SSSR count). The van der Waals surface area contributed by atoms with Crippen molar-refractivity contribution < 1.29 is 13.5 Å². The van der Waals surface area contributed by atoms with Gasteiger partial charge in [-0.05, 0) is 12.0 Å². The van der Waals surface area contributed by atoms with E-state index in [2.05, 4.69) is 0 Å². The Labute approximate surface area is 95.6 Å². The van der Waals surface area contributed by atoms with E-state index in [1.54, 1.807) is 0 Å². The van der Waals surface area contributed by atoms with Gasteiger partial charge in [-0.2, -0.15) is 4.31 Å². The van der Waals surface area contributed by atoms with Gasteiger partial charge < -0.3 is 5.11 Å². The normalized spacial score (nSPS) is 18.3. The lowest BCUT2D eigenvalue weighted by Gasteiger charge is -2.34. The molecule has 0 spiro atoms. The highest BCUT2D eigenvalue weighted by molar-refractivity contribution is 7.89. The number of aryl methyl sites for hydroxylation is 1. The van der Waals surface area contributed by atoms with Crippen LogP contribution in [0.4, 0.5) is 0 Å². The van der Waals surface area contributed by atoms with Gasteiger partial charge >= 0.3 is 0 Å². The molecule has 4 nitrogen and oxygen atoms in total. The molecule has 1 aromatic rings. The van der Waals surface area contributed by atoms with Gasteiger partial charge in [0.05, 0.1) is 11.9 Å². The van der Waals surface area contributed by atoms with E-state index < -0.39 is 16.1 Å². The van der Waals surface area contributed by atoms with Gasteiger partial charge in [-0.15, -0.1) is 0 Å². The Bertz CT molecular complexity index is 438. The summed E-state index contributed by atoms with van der Waals surface area (Å²) in [5, 5.41) is 9.06. The van der Waals surface area contributed by atoms with E-state index in [-0.39, 0.29) is 18.8 Å². The van der Waals surface area contributed by atoms with Crippen molar-refractivity contribution in [3.05, 3.63) is 35.9 Å². The molecular weight excluding hydrogens is 226 g/mol. The van der Waals surface area contributed by atoms with Gasteiger partial charge in [0.25, 0.3) is 0 Å². The van der Waals surface area contributed by atoms with E-state index in [1.807, 2.05) is 30.3 Å². The number of aliphatic hydroxyl groups is 1. The van der Waals surface area contributed by atoms with Crippen molar-refractivity contribution in [1.29, 1.82) is 0 Å². The number of hydrogen-bond donors (Lipinski definition) is 1. The van der Waals surface area contributed by atoms with Crippen molar-refractivity contribution in [2.45, 2.75) is 12.5 Å². The second-order valence-corrected chi connectivity index (χ2v) is 6.11. The highest BCUT2D eigenvalue weighted by Gasteiger charge is 2.33. The molecule has 16 heavy (non-hydrogen) atoms. The molecule has 1 aliphatic heterocycles. The van der Waals surface area contributed by atoms with Gasteiger partial charge in [-0.1, -0.05) is 30.3 Å². The maximum atomic E-state index is 11.7. The molecule has 5 heteroatoms. The number of β-amino-alcohol motifs (C(OH)–C–C–N with tert-alkyl or cyclic N) is 1. The molecule has 1 heterocycles. The van der Waals surface area contributed by atoms with E-state index in [9.17, 15) is 8.42 Å². The van der Waals surface area contributed by atoms with Crippen LogP contribution in [0, 0.1) is 0 Å². The molecule has 1 saturated heterocycles. The second-order valence-electron chi connectivity index (χ2n) is 4.02. The third-order valence-corrected chi connectivity index (χ3v) is 4.52. The fourth-order valence-corrected chi connectivity index (χ4v) is 3.21. The highest BCUT2D eigenvalue weighted by atomic mass is 32.2. The van der Waals surface area contributed by atoms with Crippen molar-refractivity contribution in [1.82, 2.24) is 4.31 Å². The molecule has 0 saturated carbocycles. The molecule has 1 N–H and O–H groups in total. The molecule has 0 bridgehead atoms. The van der Waals surface area contributed by atoms with Crippen molar-refractivity contribution in [2.24, 2.45) is 0 Å². The average molecular weight is 241 g/mol. The summed E-state index contributed by atoms with van der Waals surface area (Å²) in [6, 6.07) is 9.54. The lowest BCUT2D eigenvalue weighted by molar-refractivity contribution is 0.0548. The summed E-state index contributed by atoms with van der Waals surface area (Å²) in [7, 11) is -3.18. The number of aliphatic hydroxyl groups excluding tert-OH is 1. The molecule has 1 fully saturated rings. The topological polar surface area (TPSA) is 57.6 Å². The third kappa shape index (κ3) is 2.61. The predicted octanol–water partition coefficient (Wildman–Crippen LogP) is 0.235. The predicted molar refractivity (Wildman–Crippen MR) is 61.5 cm³/mol. The first-order valence-corrected chi connectivity index (χ1v) is 6.89. The lowest BCUT2D eigenvalue weighted by Crippen LogP contribution is -2.54.